The van der Waals surface area contributed by atoms with Crippen molar-refractivity contribution < 1.29 is 14.9 Å². The van der Waals surface area contributed by atoms with E-state index in [1.807, 2.05) is 13.0 Å². The standard InChI is InChI=1S/C17H28O3/c1-3-17(12-18,13-19)14-20-11-7-8-15(2)16-9-5-4-6-10-16/h4-6,9-10,15,18-19H,3,7-8,11-14H2,1-2H3. The molecule has 114 valence electrons. The van der Waals surface area contributed by atoms with Gasteiger partial charge in [0.05, 0.1) is 19.8 Å². The monoisotopic (exact) mass is 280 g/mol. The smallest absolute Gasteiger partial charge is 0.0566 e. The molecule has 1 rings (SSSR count). The van der Waals surface area contributed by atoms with Crippen molar-refractivity contribution in [1.82, 2.24) is 0 Å². The Morgan fingerprint density at radius 2 is 1.80 bits per heavy atom. The second-order valence-electron chi connectivity index (χ2n) is 5.68. The van der Waals surface area contributed by atoms with Gasteiger partial charge in [0, 0.05) is 12.0 Å². The molecule has 1 aromatic rings. The summed E-state index contributed by atoms with van der Waals surface area (Å²) in [4.78, 5) is 0. The van der Waals surface area contributed by atoms with Crippen LogP contribution in [0.1, 0.15) is 44.6 Å². The molecule has 0 amide bonds. The predicted molar refractivity (Wildman–Crippen MR) is 81.8 cm³/mol. The number of ether oxygens (including phenoxy) is 1. The fraction of sp³-hybridized carbons (Fsp3) is 0.647. The van der Waals surface area contributed by atoms with Crippen LogP contribution in [-0.4, -0.2) is 36.6 Å². The van der Waals surface area contributed by atoms with Crippen LogP contribution < -0.4 is 0 Å². The van der Waals surface area contributed by atoms with E-state index in [2.05, 4.69) is 31.2 Å². The first-order valence-corrected chi connectivity index (χ1v) is 7.52. The molecule has 0 saturated heterocycles. The third-order valence-electron chi connectivity index (χ3n) is 4.12. The Balaban J connectivity index is 2.22. The molecule has 3 nitrogen and oxygen atoms in total. The molecule has 0 spiro atoms. The number of hydrogen-bond donors (Lipinski definition) is 2. The predicted octanol–water partition coefficient (Wildman–Crippen LogP) is 2.97. The largest absolute Gasteiger partial charge is 0.396 e. The molecule has 0 fully saturated rings. The molecule has 0 aliphatic carbocycles. The van der Waals surface area contributed by atoms with Crippen molar-refractivity contribution in [3.8, 4) is 0 Å². The summed E-state index contributed by atoms with van der Waals surface area (Å²) < 4.78 is 5.64. The Labute approximate surface area is 122 Å². The summed E-state index contributed by atoms with van der Waals surface area (Å²) in [7, 11) is 0. The first-order valence-electron chi connectivity index (χ1n) is 7.52. The number of benzene rings is 1. The normalized spacial score (nSPS) is 13.4. The van der Waals surface area contributed by atoms with Crippen molar-refractivity contribution in [2.24, 2.45) is 5.41 Å². The molecule has 1 unspecified atom stereocenters. The summed E-state index contributed by atoms with van der Waals surface area (Å²) in [6, 6.07) is 10.5. The van der Waals surface area contributed by atoms with Gasteiger partial charge in [-0.25, -0.2) is 0 Å². The van der Waals surface area contributed by atoms with E-state index in [0.717, 1.165) is 19.3 Å². The molecule has 1 atom stereocenters. The third-order valence-corrected chi connectivity index (χ3v) is 4.12. The fourth-order valence-corrected chi connectivity index (χ4v) is 2.20. The summed E-state index contributed by atoms with van der Waals surface area (Å²) in [5.74, 6) is 0.534. The van der Waals surface area contributed by atoms with Crippen molar-refractivity contribution in [3.63, 3.8) is 0 Å². The molecule has 0 radical (unpaired) electrons. The topological polar surface area (TPSA) is 49.7 Å². The maximum Gasteiger partial charge on any atom is 0.0566 e. The number of aliphatic hydroxyl groups is 2. The maximum atomic E-state index is 9.33. The minimum absolute atomic E-state index is 0.0274. The first-order chi connectivity index (χ1) is 9.67. The van der Waals surface area contributed by atoms with Crippen LogP contribution in [0.3, 0.4) is 0 Å². The van der Waals surface area contributed by atoms with E-state index in [-0.39, 0.29) is 13.2 Å². The van der Waals surface area contributed by atoms with Gasteiger partial charge in [0.25, 0.3) is 0 Å². The van der Waals surface area contributed by atoms with Crippen molar-refractivity contribution in [1.29, 1.82) is 0 Å². The lowest BCUT2D eigenvalue weighted by molar-refractivity contribution is -0.0307. The summed E-state index contributed by atoms with van der Waals surface area (Å²) in [5.41, 5.74) is 0.881. The summed E-state index contributed by atoms with van der Waals surface area (Å²) >= 11 is 0. The molecule has 20 heavy (non-hydrogen) atoms. The molecule has 0 heterocycles. The van der Waals surface area contributed by atoms with E-state index >= 15 is 0 Å². The first kappa shape index (κ1) is 17.2. The van der Waals surface area contributed by atoms with Crippen LogP contribution in [0.2, 0.25) is 0 Å². The summed E-state index contributed by atoms with van der Waals surface area (Å²) in [5, 5.41) is 18.7. The van der Waals surface area contributed by atoms with Gasteiger partial charge in [-0.15, -0.1) is 0 Å². The molecule has 0 bridgehead atoms. The molecule has 0 aliphatic heterocycles. The van der Waals surface area contributed by atoms with Gasteiger partial charge >= 0.3 is 0 Å². The van der Waals surface area contributed by atoms with Crippen molar-refractivity contribution in [2.75, 3.05) is 26.4 Å². The van der Waals surface area contributed by atoms with E-state index in [1.54, 1.807) is 0 Å². The molecular weight excluding hydrogens is 252 g/mol. The van der Waals surface area contributed by atoms with Crippen LogP contribution in [0.15, 0.2) is 30.3 Å². The fourth-order valence-electron chi connectivity index (χ4n) is 2.20. The van der Waals surface area contributed by atoms with Gasteiger partial charge in [-0.3, -0.25) is 0 Å². The Morgan fingerprint density at radius 1 is 1.15 bits per heavy atom. The zero-order valence-corrected chi connectivity index (χ0v) is 12.7. The van der Waals surface area contributed by atoms with Crippen LogP contribution in [-0.2, 0) is 4.74 Å². The third kappa shape index (κ3) is 5.23. The minimum Gasteiger partial charge on any atom is -0.396 e. The van der Waals surface area contributed by atoms with Crippen molar-refractivity contribution in [3.05, 3.63) is 35.9 Å². The molecule has 1 aromatic carbocycles. The van der Waals surface area contributed by atoms with Gasteiger partial charge in [0.1, 0.15) is 0 Å². The lowest BCUT2D eigenvalue weighted by Gasteiger charge is -2.27. The van der Waals surface area contributed by atoms with E-state index in [0.29, 0.717) is 19.1 Å². The van der Waals surface area contributed by atoms with Gasteiger partial charge in [-0.1, -0.05) is 44.2 Å². The Hall–Kier alpha value is -0.900. The zero-order chi connectivity index (χ0) is 14.8. The quantitative estimate of drug-likeness (QED) is 0.648. The van der Waals surface area contributed by atoms with E-state index < -0.39 is 5.41 Å². The Morgan fingerprint density at radius 3 is 2.35 bits per heavy atom. The van der Waals surface area contributed by atoms with Gasteiger partial charge in [-0.2, -0.15) is 0 Å². The van der Waals surface area contributed by atoms with Gasteiger partial charge < -0.3 is 14.9 Å². The number of rotatable bonds is 10. The Bertz CT molecular complexity index is 338. The van der Waals surface area contributed by atoms with E-state index in [1.165, 1.54) is 5.56 Å². The molecule has 0 aliphatic rings. The van der Waals surface area contributed by atoms with Gasteiger partial charge in [0.15, 0.2) is 0 Å². The SMILES string of the molecule is CCC(CO)(CO)COCCCC(C)c1ccccc1. The lowest BCUT2D eigenvalue weighted by Crippen LogP contribution is -2.34. The van der Waals surface area contributed by atoms with Gasteiger partial charge in [0.2, 0.25) is 0 Å². The highest BCUT2D eigenvalue weighted by Crippen LogP contribution is 2.22. The second-order valence-corrected chi connectivity index (χ2v) is 5.68. The van der Waals surface area contributed by atoms with Crippen LogP contribution in [0.4, 0.5) is 0 Å². The molecule has 3 heteroatoms. The average molecular weight is 280 g/mol. The Kier molecular flexibility index (Phi) is 7.82. The molecule has 0 saturated carbocycles. The lowest BCUT2D eigenvalue weighted by atomic mass is 9.88. The maximum absolute atomic E-state index is 9.33. The zero-order valence-electron chi connectivity index (χ0n) is 12.7. The number of aliphatic hydroxyl groups excluding tert-OH is 2. The second kappa shape index (κ2) is 9.11. The summed E-state index contributed by atoms with van der Waals surface area (Å²) in [6.45, 7) is 5.25. The van der Waals surface area contributed by atoms with Crippen LogP contribution in [0.25, 0.3) is 0 Å². The molecule has 2 N–H and O–H groups in total. The van der Waals surface area contributed by atoms with Gasteiger partial charge in [-0.05, 0) is 30.7 Å². The van der Waals surface area contributed by atoms with Crippen molar-refractivity contribution >= 4 is 0 Å². The highest BCUT2D eigenvalue weighted by atomic mass is 16.5. The summed E-state index contributed by atoms with van der Waals surface area (Å²) in [6.07, 6.45) is 2.80. The highest BCUT2D eigenvalue weighted by molar-refractivity contribution is 5.18. The molecule has 0 aromatic heterocycles. The molecular formula is C17H28O3. The number of hydrogen-bond acceptors (Lipinski definition) is 3. The minimum atomic E-state index is -0.481. The van der Waals surface area contributed by atoms with Crippen molar-refractivity contribution in [2.45, 2.75) is 39.0 Å². The average Bonchev–Trinajstić information content (AvgIpc) is 2.52. The van der Waals surface area contributed by atoms with Crippen LogP contribution >= 0.6 is 0 Å². The highest BCUT2D eigenvalue weighted by Gasteiger charge is 2.26. The van der Waals surface area contributed by atoms with E-state index in [9.17, 15) is 10.2 Å². The van der Waals surface area contributed by atoms with E-state index in [4.69, 9.17) is 4.74 Å². The van der Waals surface area contributed by atoms with Crippen LogP contribution in [0, 0.1) is 5.41 Å². The van der Waals surface area contributed by atoms with Crippen LogP contribution in [0.5, 0.6) is 0 Å².